The summed E-state index contributed by atoms with van der Waals surface area (Å²) in [5, 5.41) is 20.7. The highest BCUT2D eigenvalue weighted by Gasteiger charge is 2.22. The molecule has 20 heavy (non-hydrogen) atoms. The van der Waals surface area contributed by atoms with E-state index in [9.17, 15) is 14.7 Å². The Labute approximate surface area is 123 Å². The van der Waals surface area contributed by atoms with Crippen LogP contribution < -0.4 is 10.1 Å². The van der Waals surface area contributed by atoms with Gasteiger partial charge in [0, 0.05) is 0 Å². The number of carboxylic acids is 1. The van der Waals surface area contributed by atoms with Crippen LogP contribution in [0.3, 0.4) is 0 Å². The van der Waals surface area contributed by atoms with Crippen LogP contribution in [-0.4, -0.2) is 33.0 Å². The fraction of sp³-hybridized carbons (Fsp3) is 0.0833. The van der Waals surface area contributed by atoms with Gasteiger partial charge >= 0.3 is 5.97 Å². The number of benzene rings is 1. The molecule has 0 aliphatic carbocycles. The van der Waals surface area contributed by atoms with Gasteiger partial charge in [-0.25, -0.2) is 4.79 Å². The Bertz CT molecular complexity index is 626. The SMILES string of the molecule is O=C(O)COc1ccc(C=C2SC(=S)NC2=O)cc1O. The Morgan fingerprint density at radius 3 is 2.80 bits per heavy atom. The van der Waals surface area contributed by atoms with Crippen molar-refractivity contribution in [2.75, 3.05) is 6.61 Å². The zero-order valence-corrected chi connectivity index (χ0v) is 11.6. The molecule has 0 spiro atoms. The van der Waals surface area contributed by atoms with E-state index in [4.69, 9.17) is 22.1 Å². The molecule has 1 heterocycles. The molecule has 0 radical (unpaired) electrons. The summed E-state index contributed by atoms with van der Waals surface area (Å²) in [6.45, 7) is -0.541. The topological polar surface area (TPSA) is 95.9 Å². The van der Waals surface area contributed by atoms with Gasteiger partial charge in [0.25, 0.3) is 5.91 Å². The summed E-state index contributed by atoms with van der Waals surface area (Å²) in [7, 11) is 0. The number of aliphatic carboxylic acids is 1. The number of thioether (sulfide) groups is 1. The van der Waals surface area contributed by atoms with E-state index < -0.39 is 12.6 Å². The lowest BCUT2D eigenvalue weighted by Gasteiger charge is -2.06. The van der Waals surface area contributed by atoms with E-state index in [0.717, 1.165) is 11.8 Å². The number of carbonyl (C=O) groups excluding carboxylic acids is 1. The third-order valence-corrected chi connectivity index (χ3v) is 3.44. The molecule has 3 N–H and O–H groups in total. The number of carbonyl (C=O) groups is 2. The van der Waals surface area contributed by atoms with Crippen LogP contribution in [0.1, 0.15) is 5.56 Å². The van der Waals surface area contributed by atoms with Crippen molar-refractivity contribution in [2.24, 2.45) is 0 Å². The minimum absolute atomic E-state index is 0.0635. The summed E-state index contributed by atoms with van der Waals surface area (Å²) in [6, 6.07) is 4.40. The number of hydrogen-bond acceptors (Lipinski definition) is 6. The largest absolute Gasteiger partial charge is 0.504 e. The van der Waals surface area contributed by atoms with Crippen LogP contribution in [0.15, 0.2) is 23.1 Å². The molecular formula is C12H9NO5S2. The van der Waals surface area contributed by atoms with E-state index in [1.807, 2.05) is 0 Å². The maximum absolute atomic E-state index is 11.5. The Hall–Kier alpha value is -2.06. The molecule has 1 amide bonds. The van der Waals surface area contributed by atoms with E-state index in [-0.39, 0.29) is 17.4 Å². The fourth-order valence-electron chi connectivity index (χ4n) is 1.46. The molecule has 2 rings (SSSR count). The molecule has 6 nitrogen and oxygen atoms in total. The van der Waals surface area contributed by atoms with Crippen LogP contribution in [0.4, 0.5) is 0 Å². The average molecular weight is 311 g/mol. The fourth-order valence-corrected chi connectivity index (χ4v) is 2.50. The molecule has 1 aliphatic rings. The van der Waals surface area contributed by atoms with Crippen molar-refractivity contribution < 1.29 is 24.5 Å². The Balaban J connectivity index is 2.17. The molecule has 104 valence electrons. The highest BCUT2D eigenvalue weighted by Crippen LogP contribution is 2.30. The zero-order chi connectivity index (χ0) is 14.7. The quantitative estimate of drug-likeness (QED) is 0.570. The minimum atomic E-state index is -1.14. The van der Waals surface area contributed by atoms with Crippen LogP contribution in [0.5, 0.6) is 11.5 Å². The van der Waals surface area contributed by atoms with Crippen molar-refractivity contribution in [3.8, 4) is 11.5 Å². The molecule has 1 aliphatic heterocycles. The van der Waals surface area contributed by atoms with E-state index in [1.165, 1.54) is 12.1 Å². The summed E-state index contributed by atoms with van der Waals surface area (Å²) in [6.07, 6.45) is 1.57. The second kappa shape index (κ2) is 5.93. The highest BCUT2D eigenvalue weighted by molar-refractivity contribution is 8.26. The van der Waals surface area contributed by atoms with Gasteiger partial charge in [-0.05, 0) is 23.8 Å². The van der Waals surface area contributed by atoms with Crippen molar-refractivity contribution >= 4 is 46.3 Å². The molecule has 8 heteroatoms. The number of thiocarbonyl (C=S) groups is 1. The van der Waals surface area contributed by atoms with Crippen molar-refractivity contribution in [1.82, 2.24) is 5.32 Å². The van der Waals surface area contributed by atoms with E-state index in [2.05, 4.69) is 5.32 Å². The van der Waals surface area contributed by atoms with Crippen molar-refractivity contribution in [2.45, 2.75) is 0 Å². The summed E-state index contributed by atoms with van der Waals surface area (Å²) in [5.74, 6) is -1.56. The molecular weight excluding hydrogens is 302 g/mol. The predicted octanol–water partition coefficient (Wildman–Crippen LogP) is 1.34. The number of nitrogens with one attached hydrogen (secondary N) is 1. The minimum Gasteiger partial charge on any atom is -0.504 e. The Kier molecular flexibility index (Phi) is 4.26. The first-order valence-electron chi connectivity index (χ1n) is 5.38. The number of aromatic hydroxyl groups is 1. The second-order valence-corrected chi connectivity index (χ2v) is 5.48. The molecule has 0 atom stereocenters. The molecule has 0 unspecified atom stereocenters. The first-order chi connectivity index (χ1) is 9.45. The molecule has 0 aromatic heterocycles. The zero-order valence-electron chi connectivity index (χ0n) is 9.95. The lowest BCUT2D eigenvalue weighted by atomic mass is 10.2. The standard InChI is InChI=1S/C12H9NO5S2/c14-7-3-6(1-2-8(7)18-5-10(15)16)4-9-11(17)13-12(19)20-9/h1-4,14H,5H2,(H,15,16)(H,13,17,19). The van der Waals surface area contributed by atoms with E-state index >= 15 is 0 Å². The third-order valence-electron chi connectivity index (χ3n) is 2.27. The van der Waals surface area contributed by atoms with Crippen molar-refractivity contribution in [3.05, 3.63) is 28.7 Å². The smallest absolute Gasteiger partial charge is 0.341 e. The number of hydrogen-bond donors (Lipinski definition) is 3. The molecule has 1 aromatic carbocycles. The first kappa shape index (κ1) is 14.4. The van der Waals surface area contributed by atoms with Gasteiger partial charge in [-0.2, -0.15) is 0 Å². The van der Waals surface area contributed by atoms with Crippen LogP contribution in [-0.2, 0) is 9.59 Å². The number of amides is 1. The van der Waals surface area contributed by atoms with Gasteiger partial charge in [0.15, 0.2) is 18.1 Å². The average Bonchev–Trinajstić information content (AvgIpc) is 2.66. The summed E-state index contributed by atoms with van der Waals surface area (Å²) < 4.78 is 5.27. The predicted molar refractivity (Wildman–Crippen MR) is 77.5 cm³/mol. The maximum atomic E-state index is 11.5. The number of phenolic OH excluding ortho intramolecular Hbond substituents is 1. The van der Waals surface area contributed by atoms with Gasteiger partial charge in [0.1, 0.15) is 4.32 Å². The highest BCUT2D eigenvalue weighted by atomic mass is 32.2. The van der Waals surface area contributed by atoms with Crippen LogP contribution in [0, 0.1) is 0 Å². The summed E-state index contributed by atoms with van der Waals surface area (Å²) >= 11 is 5.99. The number of ether oxygens (including phenoxy) is 1. The lowest BCUT2D eigenvalue weighted by Crippen LogP contribution is -2.17. The van der Waals surface area contributed by atoms with Crippen LogP contribution in [0.2, 0.25) is 0 Å². The molecule has 0 bridgehead atoms. The Morgan fingerprint density at radius 2 is 2.25 bits per heavy atom. The lowest BCUT2D eigenvalue weighted by molar-refractivity contribution is -0.139. The molecule has 1 saturated heterocycles. The van der Waals surface area contributed by atoms with Gasteiger partial charge in [-0.15, -0.1) is 0 Å². The van der Waals surface area contributed by atoms with Gasteiger partial charge in [0.2, 0.25) is 0 Å². The molecule has 1 aromatic rings. The van der Waals surface area contributed by atoms with Crippen molar-refractivity contribution in [1.29, 1.82) is 0 Å². The summed E-state index contributed by atoms with van der Waals surface area (Å²) in [4.78, 5) is 22.3. The van der Waals surface area contributed by atoms with Gasteiger partial charge < -0.3 is 20.3 Å². The van der Waals surface area contributed by atoms with Gasteiger partial charge in [0.05, 0.1) is 4.91 Å². The Morgan fingerprint density at radius 1 is 1.50 bits per heavy atom. The van der Waals surface area contributed by atoms with Gasteiger partial charge in [-0.3, -0.25) is 4.79 Å². The number of carboxylic acid groups (broad SMARTS) is 1. The van der Waals surface area contributed by atoms with E-state index in [0.29, 0.717) is 14.8 Å². The molecule has 0 saturated carbocycles. The van der Waals surface area contributed by atoms with E-state index in [1.54, 1.807) is 12.1 Å². The maximum Gasteiger partial charge on any atom is 0.341 e. The van der Waals surface area contributed by atoms with Gasteiger partial charge in [-0.1, -0.05) is 30.0 Å². The van der Waals surface area contributed by atoms with Crippen LogP contribution >= 0.6 is 24.0 Å². The van der Waals surface area contributed by atoms with Crippen molar-refractivity contribution in [3.63, 3.8) is 0 Å². The number of rotatable bonds is 4. The number of phenols is 1. The summed E-state index contributed by atoms with van der Waals surface area (Å²) in [5.41, 5.74) is 0.576. The monoisotopic (exact) mass is 311 g/mol. The first-order valence-corrected chi connectivity index (χ1v) is 6.60. The second-order valence-electron chi connectivity index (χ2n) is 3.76. The molecule has 1 fully saturated rings. The normalized spacial score (nSPS) is 16.3. The van der Waals surface area contributed by atoms with Crippen LogP contribution in [0.25, 0.3) is 6.08 Å². The third kappa shape index (κ3) is 3.49.